The molecule has 0 aromatic carbocycles. The molecule has 0 amide bonds. The molecule has 1 heterocycles. The Balaban J connectivity index is 0.000000980. The zero-order chi connectivity index (χ0) is 9.47. The standard InChI is InChI=1S/C9H15NO2S.Na/c1-9(8(11)12,7-2-3-7)13-5-4-10-6-13;/h6-7,10H,2-5H2,1H3,(H,11,12);/q;+1/p-1. The van der Waals surface area contributed by atoms with Crippen LogP contribution in [0.5, 0.6) is 0 Å². The predicted molar refractivity (Wildman–Crippen MR) is 52.7 cm³/mol. The van der Waals surface area contributed by atoms with Crippen LogP contribution in [0.4, 0.5) is 0 Å². The van der Waals surface area contributed by atoms with Gasteiger partial charge >= 0.3 is 29.6 Å². The second-order valence-electron chi connectivity index (χ2n) is 3.87. The van der Waals surface area contributed by atoms with Gasteiger partial charge in [-0.05, 0) is 25.7 Å². The molecule has 1 saturated carbocycles. The molecule has 1 fully saturated rings. The van der Waals surface area contributed by atoms with Crippen molar-refractivity contribution in [1.82, 2.24) is 5.32 Å². The van der Waals surface area contributed by atoms with Crippen molar-refractivity contribution in [2.24, 2.45) is 5.92 Å². The Morgan fingerprint density at radius 2 is 2.29 bits per heavy atom. The van der Waals surface area contributed by atoms with E-state index in [0.29, 0.717) is 5.92 Å². The summed E-state index contributed by atoms with van der Waals surface area (Å²) in [6, 6.07) is 0. The first-order valence-corrected chi connectivity index (χ1v) is 6.09. The third-order valence-electron chi connectivity index (χ3n) is 3.00. The molecular formula is C9H14NNaO2S. The summed E-state index contributed by atoms with van der Waals surface area (Å²) in [5.41, 5.74) is 1.97. The Kier molecular flexibility index (Phi) is 4.23. The summed E-state index contributed by atoms with van der Waals surface area (Å²) < 4.78 is -0.594. The number of nitrogens with one attached hydrogen (secondary N) is 1. The summed E-state index contributed by atoms with van der Waals surface area (Å²) in [5, 5.41) is 14.2. The molecule has 0 spiro atoms. The second kappa shape index (κ2) is 4.66. The number of carbonyl (C=O) groups is 1. The van der Waals surface area contributed by atoms with Crippen LogP contribution in [0, 0.1) is 5.92 Å². The first-order chi connectivity index (χ1) is 6.15. The summed E-state index contributed by atoms with van der Waals surface area (Å²) in [5.74, 6) is 0.455. The van der Waals surface area contributed by atoms with Gasteiger partial charge in [0, 0.05) is 17.8 Å². The molecule has 0 aromatic heterocycles. The van der Waals surface area contributed by atoms with E-state index >= 15 is 0 Å². The number of carboxylic acid groups (broad SMARTS) is 1. The monoisotopic (exact) mass is 223 g/mol. The van der Waals surface area contributed by atoms with E-state index in [1.165, 1.54) is 0 Å². The Labute approximate surface area is 109 Å². The molecule has 1 aliphatic heterocycles. The van der Waals surface area contributed by atoms with Gasteiger partial charge in [-0.1, -0.05) is 0 Å². The van der Waals surface area contributed by atoms with E-state index in [0.717, 1.165) is 25.1 Å². The minimum atomic E-state index is -0.863. The molecule has 2 unspecified atom stereocenters. The van der Waals surface area contributed by atoms with Gasteiger partial charge in [-0.15, -0.1) is 0 Å². The van der Waals surface area contributed by atoms with Crippen molar-refractivity contribution in [2.45, 2.75) is 24.5 Å². The van der Waals surface area contributed by atoms with Crippen LogP contribution in [0.2, 0.25) is 0 Å². The summed E-state index contributed by atoms with van der Waals surface area (Å²) in [4.78, 5) is 11.1. The third kappa shape index (κ3) is 2.09. The van der Waals surface area contributed by atoms with E-state index < -0.39 is 10.7 Å². The molecule has 5 heteroatoms. The fourth-order valence-electron chi connectivity index (χ4n) is 1.84. The number of rotatable bonds is 3. The molecule has 0 aromatic rings. The van der Waals surface area contributed by atoms with E-state index in [4.69, 9.17) is 0 Å². The summed E-state index contributed by atoms with van der Waals surface area (Å²) in [7, 11) is -0.127. The molecule has 2 aliphatic rings. The summed E-state index contributed by atoms with van der Waals surface area (Å²) in [6.45, 7) is 2.77. The first-order valence-electron chi connectivity index (χ1n) is 4.63. The van der Waals surface area contributed by atoms with Crippen molar-refractivity contribution in [3.63, 3.8) is 0 Å². The Bertz CT molecular complexity index is 278. The average Bonchev–Trinajstić information content (AvgIpc) is 2.80. The zero-order valence-electron chi connectivity index (χ0n) is 8.71. The van der Waals surface area contributed by atoms with Crippen molar-refractivity contribution in [2.75, 3.05) is 12.3 Å². The quantitative estimate of drug-likeness (QED) is 0.400. The van der Waals surface area contributed by atoms with Crippen LogP contribution in [-0.2, 0) is 4.79 Å². The minimum absolute atomic E-state index is 0. The molecule has 2 rings (SSSR count). The Hall–Kier alpha value is 0.650. The first kappa shape index (κ1) is 12.7. The van der Waals surface area contributed by atoms with Crippen molar-refractivity contribution in [3.8, 4) is 0 Å². The number of carbonyl (C=O) groups excluding carboxylic acids is 1. The minimum Gasteiger partial charge on any atom is -0.549 e. The molecule has 0 radical (unpaired) electrons. The fourth-order valence-corrected chi connectivity index (χ4v) is 4.17. The van der Waals surface area contributed by atoms with Crippen molar-refractivity contribution in [1.29, 1.82) is 0 Å². The van der Waals surface area contributed by atoms with E-state index in [9.17, 15) is 9.90 Å². The molecular weight excluding hydrogens is 209 g/mol. The number of hydrogen-bond acceptors (Lipinski definition) is 3. The van der Waals surface area contributed by atoms with Gasteiger partial charge in [0.2, 0.25) is 0 Å². The molecule has 0 saturated heterocycles. The zero-order valence-corrected chi connectivity index (χ0v) is 11.5. The van der Waals surface area contributed by atoms with Gasteiger partial charge < -0.3 is 9.90 Å². The summed E-state index contributed by atoms with van der Waals surface area (Å²) >= 11 is 0. The normalized spacial score (nSPS) is 29.9. The maximum absolute atomic E-state index is 11.1. The molecule has 74 valence electrons. The van der Waals surface area contributed by atoms with Crippen LogP contribution in [-0.4, -0.2) is 28.5 Å². The van der Waals surface area contributed by atoms with Gasteiger partial charge in [-0.25, -0.2) is 0 Å². The maximum Gasteiger partial charge on any atom is 1.00 e. The van der Waals surface area contributed by atoms with E-state index in [1.54, 1.807) is 0 Å². The van der Waals surface area contributed by atoms with E-state index in [2.05, 4.69) is 5.32 Å². The molecule has 2 atom stereocenters. The van der Waals surface area contributed by atoms with Gasteiger partial charge in [0.05, 0.1) is 10.7 Å². The topological polar surface area (TPSA) is 52.2 Å². The molecule has 0 bridgehead atoms. The fraction of sp³-hybridized carbons (Fsp3) is 0.778. The number of hydrogen-bond donors (Lipinski definition) is 1. The van der Waals surface area contributed by atoms with Crippen LogP contribution in [0.3, 0.4) is 0 Å². The number of aliphatic carboxylic acids is 1. The SMILES string of the molecule is CC(C(=O)[O-])(C1CC1)S1=CNCC1.[Na+]. The van der Waals surface area contributed by atoms with Gasteiger partial charge in [-0.2, -0.15) is 10.5 Å². The average molecular weight is 223 g/mol. The number of carboxylic acids is 1. The van der Waals surface area contributed by atoms with Crippen LogP contribution < -0.4 is 40.0 Å². The third-order valence-corrected chi connectivity index (χ3v) is 5.68. The van der Waals surface area contributed by atoms with E-state index in [-0.39, 0.29) is 40.0 Å². The molecule has 1 N–H and O–H groups in total. The summed E-state index contributed by atoms with van der Waals surface area (Å²) in [6.07, 6.45) is 2.11. The van der Waals surface area contributed by atoms with Crippen LogP contribution in [0.1, 0.15) is 19.8 Å². The van der Waals surface area contributed by atoms with Crippen molar-refractivity contribution < 1.29 is 39.5 Å². The van der Waals surface area contributed by atoms with Crippen molar-refractivity contribution >= 4 is 21.9 Å². The molecule has 1 aliphatic carbocycles. The largest absolute Gasteiger partial charge is 1.00 e. The van der Waals surface area contributed by atoms with Crippen molar-refractivity contribution in [3.05, 3.63) is 0 Å². The van der Waals surface area contributed by atoms with E-state index in [1.807, 2.05) is 12.4 Å². The Morgan fingerprint density at radius 3 is 2.64 bits per heavy atom. The van der Waals surface area contributed by atoms with Crippen LogP contribution in [0.25, 0.3) is 0 Å². The van der Waals surface area contributed by atoms with Gasteiger partial charge in [0.15, 0.2) is 0 Å². The van der Waals surface area contributed by atoms with Crippen LogP contribution >= 0.6 is 10.5 Å². The maximum atomic E-state index is 11.1. The van der Waals surface area contributed by atoms with Gasteiger partial charge in [-0.3, -0.25) is 5.32 Å². The predicted octanol–water partition coefficient (Wildman–Crippen LogP) is -3.46. The van der Waals surface area contributed by atoms with Gasteiger partial charge in [0.1, 0.15) is 0 Å². The Morgan fingerprint density at radius 1 is 1.64 bits per heavy atom. The van der Waals surface area contributed by atoms with Gasteiger partial charge in [0.25, 0.3) is 0 Å². The smallest absolute Gasteiger partial charge is 0.549 e. The molecule has 14 heavy (non-hydrogen) atoms. The molecule has 3 nitrogen and oxygen atoms in total. The van der Waals surface area contributed by atoms with Crippen LogP contribution in [0.15, 0.2) is 0 Å². The second-order valence-corrected chi connectivity index (χ2v) is 6.22.